The number of hydrogen-bond donors (Lipinski definition) is 2. The van der Waals surface area contributed by atoms with Crippen LogP contribution in [0.5, 0.6) is 0 Å². The number of ether oxygens (including phenoxy) is 1. The molecule has 1 aliphatic heterocycles. The number of halogens is 2. The molecule has 9 heteroatoms. The van der Waals surface area contributed by atoms with Crippen molar-refractivity contribution in [1.82, 2.24) is 25.7 Å². The largest absolute Gasteiger partial charge is 0.370 e. The van der Waals surface area contributed by atoms with Crippen molar-refractivity contribution in [3.8, 4) is 11.5 Å². The maximum absolute atomic E-state index is 13.8. The summed E-state index contributed by atoms with van der Waals surface area (Å²) in [6.45, 7) is 0.977. The number of benzene rings is 1. The van der Waals surface area contributed by atoms with Gasteiger partial charge in [-0.2, -0.15) is 10.1 Å². The van der Waals surface area contributed by atoms with Crippen molar-refractivity contribution >= 4 is 0 Å². The summed E-state index contributed by atoms with van der Waals surface area (Å²) in [5.41, 5.74) is 0.969. The molecule has 25 heavy (non-hydrogen) atoms. The molecule has 0 spiro atoms. The van der Waals surface area contributed by atoms with E-state index in [1.807, 2.05) is 6.07 Å². The Balaban J connectivity index is 1.43. The molecule has 0 bridgehead atoms. The Morgan fingerprint density at radius 3 is 3.00 bits per heavy atom. The Labute approximate surface area is 141 Å². The molecule has 0 saturated carbocycles. The van der Waals surface area contributed by atoms with Crippen LogP contribution in [0.2, 0.25) is 0 Å². The van der Waals surface area contributed by atoms with E-state index >= 15 is 0 Å². The van der Waals surface area contributed by atoms with Crippen molar-refractivity contribution in [1.29, 1.82) is 0 Å². The molecule has 2 N–H and O–H groups in total. The number of aromatic nitrogens is 4. The molecule has 0 amide bonds. The standard InChI is InChI=1S/C16H15F2N5O2/c17-9-1-2-10(11(18)7-9)16-21-14(23-25-16)8-19-12-4-6-24-15(12)13-3-5-20-22-13/h1-3,5,7,12,15,19H,4,6,8H2,(H,20,22)/t12-,15-/m0/s1. The number of aromatic amines is 1. The van der Waals surface area contributed by atoms with E-state index in [1.165, 1.54) is 6.07 Å². The third kappa shape index (κ3) is 3.28. The van der Waals surface area contributed by atoms with E-state index in [9.17, 15) is 8.78 Å². The average Bonchev–Trinajstić information content (AvgIpc) is 3.33. The summed E-state index contributed by atoms with van der Waals surface area (Å²) in [6, 6.07) is 5.14. The zero-order valence-corrected chi connectivity index (χ0v) is 13.1. The number of nitrogens with one attached hydrogen (secondary N) is 2. The van der Waals surface area contributed by atoms with E-state index in [2.05, 4.69) is 25.7 Å². The molecule has 7 nitrogen and oxygen atoms in total. The molecule has 1 aromatic carbocycles. The molecule has 1 fully saturated rings. The maximum Gasteiger partial charge on any atom is 0.260 e. The van der Waals surface area contributed by atoms with Crippen molar-refractivity contribution in [2.24, 2.45) is 0 Å². The van der Waals surface area contributed by atoms with E-state index in [4.69, 9.17) is 9.26 Å². The zero-order valence-electron chi connectivity index (χ0n) is 13.1. The van der Waals surface area contributed by atoms with Crippen molar-refractivity contribution in [3.63, 3.8) is 0 Å². The molecular weight excluding hydrogens is 332 g/mol. The van der Waals surface area contributed by atoms with Gasteiger partial charge in [0.1, 0.15) is 17.7 Å². The summed E-state index contributed by atoms with van der Waals surface area (Å²) in [5.74, 6) is -1.00. The van der Waals surface area contributed by atoms with Gasteiger partial charge in [-0.3, -0.25) is 5.10 Å². The number of H-pyrrole nitrogens is 1. The minimum atomic E-state index is -0.744. The van der Waals surface area contributed by atoms with Crippen LogP contribution < -0.4 is 5.32 Å². The quantitative estimate of drug-likeness (QED) is 0.737. The summed E-state index contributed by atoms with van der Waals surface area (Å²) < 4.78 is 37.5. The molecule has 3 heterocycles. The van der Waals surface area contributed by atoms with Gasteiger partial charge in [-0.25, -0.2) is 8.78 Å². The summed E-state index contributed by atoms with van der Waals surface area (Å²) in [4.78, 5) is 4.16. The highest BCUT2D eigenvalue weighted by atomic mass is 19.1. The Bertz CT molecular complexity index is 852. The molecule has 2 aromatic heterocycles. The lowest BCUT2D eigenvalue weighted by molar-refractivity contribution is 0.0949. The van der Waals surface area contributed by atoms with E-state index in [0.29, 0.717) is 19.0 Å². The Morgan fingerprint density at radius 1 is 1.28 bits per heavy atom. The lowest BCUT2D eigenvalue weighted by atomic mass is 10.1. The first-order valence-corrected chi connectivity index (χ1v) is 7.83. The predicted octanol–water partition coefficient (Wildman–Crippen LogP) is 2.36. The number of hydrogen-bond acceptors (Lipinski definition) is 6. The van der Waals surface area contributed by atoms with Gasteiger partial charge in [-0.05, 0) is 24.6 Å². The molecule has 0 unspecified atom stereocenters. The molecule has 4 rings (SSSR count). The summed E-state index contributed by atoms with van der Waals surface area (Å²) in [5, 5.41) is 14.0. The Kier molecular flexibility index (Phi) is 4.24. The van der Waals surface area contributed by atoms with Crippen LogP contribution in [0.15, 0.2) is 35.0 Å². The second-order valence-electron chi connectivity index (χ2n) is 5.72. The van der Waals surface area contributed by atoms with Crippen LogP contribution in [0.4, 0.5) is 8.78 Å². The normalized spacial score (nSPS) is 20.2. The molecule has 3 aromatic rings. The van der Waals surface area contributed by atoms with E-state index in [1.54, 1.807) is 6.20 Å². The highest BCUT2D eigenvalue weighted by Gasteiger charge is 2.30. The fraction of sp³-hybridized carbons (Fsp3) is 0.312. The van der Waals surface area contributed by atoms with Crippen molar-refractivity contribution < 1.29 is 18.0 Å². The van der Waals surface area contributed by atoms with E-state index in [0.717, 1.165) is 24.2 Å². The van der Waals surface area contributed by atoms with Crippen LogP contribution in [-0.4, -0.2) is 33.0 Å². The lowest BCUT2D eigenvalue weighted by Gasteiger charge is -2.17. The molecule has 1 aliphatic rings. The van der Waals surface area contributed by atoms with Gasteiger partial charge in [0.25, 0.3) is 5.89 Å². The van der Waals surface area contributed by atoms with Gasteiger partial charge >= 0.3 is 0 Å². The van der Waals surface area contributed by atoms with Crippen LogP contribution in [-0.2, 0) is 11.3 Å². The van der Waals surface area contributed by atoms with Gasteiger partial charge < -0.3 is 14.6 Å². The molecule has 0 radical (unpaired) electrons. The summed E-state index contributed by atoms with van der Waals surface area (Å²) >= 11 is 0. The average molecular weight is 347 g/mol. The molecule has 1 saturated heterocycles. The molecule has 2 atom stereocenters. The van der Waals surface area contributed by atoms with Crippen molar-refractivity contribution in [3.05, 3.63) is 53.6 Å². The SMILES string of the molecule is Fc1ccc(-c2nc(CN[C@H]3CCO[C@@H]3c3ccn[nH]3)no2)c(F)c1. The third-order valence-electron chi connectivity index (χ3n) is 4.07. The molecule has 0 aliphatic carbocycles. The van der Waals surface area contributed by atoms with Gasteiger partial charge in [0, 0.05) is 24.9 Å². The summed E-state index contributed by atoms with van der Waals surface area (Å²) in [7, 11) is 0. The molecule has 130 valence electrons. The molecular formula is C16H15F2N5O2. The minimum absolute atomic E-state index is 0.0158. The second kappa shape index (κ2) is 6.69. The fourth-order valence-corrected chi connectivity index (χ4v) is 2.85. The van der Waals surface area contributed by atoms with E-state index < -0.39 is 11.6 Å². The lowest BCUT2D eigenvalue weighted by Crippen LogP contribution is -2.31. The second-order valence-corrected chi connectivity index (χ2v) is 5.72. The zero-order chi connectivity index (χ0) is 17.2. The predicted molar refractivity (Wildman–Crippen MR) is 82.2 cm³/mol. The Hall–Kier alpha value is -2.65. The van der Waals surface area contributed by atoms with Gasteiger partial charge in [0.05, 0.1) is 17.8 Å². The van der Waals surface area contributed by atoms with Crippen molar-refractivity contribution in [2.75, 3.05) is 6.61 Å². The highest BCUT2D eigenvalue weighted by molar-refractivity contribution is 5.53. The fourth-order valence-electron chi connectivity index (χ4n) is 2.85. The minimum Gasteiger partial charge on any atom is -0.370 e. The van der Waals surface area contributed by atoms with Crippen LogP contribution >= 0.6 is 0 Å². The first-order valence-electron chi connectivity index (χ1n) is 7.83. The van der Waals surface area contributed by atoms with Gasteiger partial charge in [0.2, 0.25) is 0 Å². The highest BCUT2D eigenvalue weighted by Crippen LogP contribution is 2.28. The first kappa shape index (κ1) is 15.9. The van der Waals surface area contributed by atoms with Gasteiger partial charge in [-0.15, -0.1) is 0 Å². The van der Waals surface area contributed by atoms with Crippen LogP contribution in [0.25, 0.3) is 11.5 Å². The third-order valence-corrected chi connectivity index (χ3v) is 4.07. The van der Waals surface area contributed by atoms with Gasteiger partial charge in [0.15, 0.2) is 5.82 Å². The first-order chi connectivity index (χ1) is 12.2. The van der Waals surface area contributed by atoms with Crippen molar-refractivity contribution in [2.45, 2.75) is 25.1 Å². The number of rotatable bonds is 5. The maximum atomic E-state index is 13.8. The van der Waals surface area contributed by atoms with Gasteiger partial charge in [-0.1, -0.05) is 5.16 Å². The Morgan fingerprint density at radius 2 is 2.20 bits per heavy atom. The van der Waals surface area contributed by atoms with E-state index in [-0.39, 0.29) is 23.6 Å². The summed E-state index contributed by atoms with van der Waals surface area (Å²) in [6.07, 6.45) is 2.39. The topological polar surface area (TPSA) is 88.9 Å². The van der Waals surface area contributed by atoms with Crippen LogP contribution in [0, 0.1) is 11.6 Å². The van der Waals surface area contributed by atoms with Crippen LogP contribution in [0.3, 0.4) is 0 Å². The van der Waals surface area contributed by atoms with Crippen LogP contribution in [0.1, 0.15) is 24.0 Å². The smallest absolute Gasteiger partial charge is 0.260 e. The monoisotopic (exact) mass is 347 g/mol. The number of nitrogens with zero attached hydrogens (tertiary/aromatic N) is 3.